The Morgan fingerprint density at radius 1 is 1.20 bits per heavy atom. The number of imide groups is 1. The zero-order chi connectivity index (χ0) is 17.4. The number of amides is 2. The number of rotatable bonds is 3. The molecule has 2 aromatic carbocycles. The third-order valence-corrected chi connectivity index (χ3v) is 4.49. The fourth-order valence-corrected chi connectivity index (χ4v) is 3.21. The predicted molar refractivity (Wildman–Crippen MR) is 91.1 cm³/mol. The SMILES string of the molecule is COc1ccccc1-c1ccc2onc(C3CCC(=O)NC3=O)c2c1. The second-order valence-electron chi connectivity index (χ2n) is 5.98. The summed E-state index contributed by atoms with van der Waals surface area (Å²) in [5.74, 6) is -0.286. The maximum absolute atomic E-state index is 12.2. The first kappa shape index (κ1) is 15.4. The molecule has 0 spiro atoms. The number of ether oxygens (including phenoxy) is 1. The van der Waals surface area contributed by atoms with Crippen molar-refractivity contribution in [1.29, 1.82) is 0 Å². The fraction of sp³-hybridized carbons (Fsp3) is 0.211. The van der Waals surface area contributed by atoms with Crippen LogP contribution in [0.15, 0.2) is 47.0 Å². The minimum absolute atomic E-state index is 0.247. The minimum Gasteiger partial charge on any atom is -0.496 e. The van der Waals surface area contributed by atoms with E-state index in [1.54, 1.807) is 7.11 Å². The topological polar surface area (TPSA) is 81.4 Å². The van der Waals surface area contributed by atoms with Gasteiger partial charge in [-0.15, -0.1) is 0 Å². The van der Waals surface area contributed by atoms with Crippen LogP contribution in [0.3, 0.4) is 0 Å². The Morgan fingerprint density at radius 3 is 2.84 bits per heavy atom. The molecule has 25 heavy (non-hydrogen) atoms. The molecule has 6 heteroatoms. The molecule has 3 aromatic rings. The quantitative estimate of drug-likeness (QED) is 0.744. The van der Waals surface area contributed by atoms with Gasteiger partial charge in [-0.3, -0.25) is 14.9 Å². The van der Waals surface area contributed by atoms with E-state index in [9.17, 15) is 9.59 Å². The second-order valence-corrected chi connectivity index (χ2v) is 5.98. The molecule has 0 saturated carbocycles. The number of hydrogen-bond donors (Lipinski definition) is 1. The number of piperidine rings is 1. The van der Waals surface area contributed by atoms with Crippen LogP contribution in [0.2, 0.25) is 0 Å². The zero-order valence-corrected chi connectivity index (χ0v) is 13.6. The lowest BCUT2D eigenvalue weighted by atomic mass is 9.92. The van der Waals surface area contributed by atoms with Gasteiger partial charge in [0.2, 0.25) is 11.8 Å². The van der Waals surface area contributed by atoms with E-state index in [0.29, 0.717) is 24.1 Å². The number of nitrogens with zero attached hydrogens (tertiary/aromatic N) is 1. The van der Waals surface area contributed by atoms with E-state index in [2.05, 4.69) is 10.5 Å². The third-order valence-electron chi connectivity index (χ3n) is 4.49. The molecule has 1 fully saturated rings. The van der Waals surface area contributed by atoms with Crippen LogP contribution in [-0.4, -0.2) is 24.1 Å². The molecule has 1 unspecified atom stereocenters. The lowest BCUT2D eigenvalue weighted by Crippen LogP contribution is -2.39. The van der Waals surface area contributed by atoms with Crippen LogP contribution in [0.4, 0.5) is 0 Å². The first-order chi connectivity index (χ1) is 12.2. The number of fused-ring (bicyclic) bond motifs is 1. The molecule has 4 rings (SSSR count). The summed E-state index contributed by atoms with van der Waals surface area (Å²) in [5.41, 5.74) is 3.07. The van der Waals surface area contributed by atoms with Crippen LogP contribution in [-0.2, 0) is 9.59 Å². The van der Waals surface area contributed by atoms with Crippen molar-refractivity contribution >= 4 is 22.8 Å². The van der Waals surface area contributed by atoms with Crippen molar-refractivity contribution in [3.63, 3.8) is 0 Å². The van der Waals surface area contributed by atoms with Crippen molar-refractivity contribution in [1.82, 2.24) is 10.5 Å². The van der Waals surface area contributed by atoms with Gasteiger partial charge in [0.25, 0.3) is 0 Å². The van der Waals surface area contributed by atoms with Crippen molar-refractivity contribution in [3.05, 3.63) is 48.2 Å². The number of nitrogens with one attached hydrogen (secondary N) is 1. The fourth-order valence-electron chi connectivity index (χ4n) is 3.21. The van der Waals surface area contributed by atoms with E-state index >= 15 is 0 Å². The van der Waals surface area contributed by atoms with Crippen LogP contribution in [0, 0.1) is 0 Å². The second kappa shape index (κ2) is 6.05. The van der Waals surface area contributed by atoms with Crippen molar-refractivity contribution < 1.29 is 18.8 Å². The number of carbonyl (C=O) groups is 2. The Balaban J connectivity index is 1.81. The minimum atomic E-state index is -0.480. The molecule has 1 atom stereocenters. The summed E-state index contributed by atoms with van der Waals surface area (Å²) in [4.78, 5) is 23.5. The molecule has 1 aromatic heterocycles. The number of para-hydroxylation sites is 1. The van der Waals surface area contributed by atoms with E-state index < -0.39 is 5.92 Å². The van der Waals surface area contributed by atoms with E-state index in [1.807, 2.05) is 42.5 Å². The lowest BCUT2D eigenvalue weighted by molar-refractivity contribution is -0.134. The van der Waals surface area contributed by atoms with E-state index in [0.717, 1.165) is 22.3 Å². The molecule has 2 amide bonds. The van der Waals surface area contributed by atoms with Gasteiger partial charge in [-0.05, 0) is 30.2 Å². The summed E-state index contributed by atoms with van der Waals surface area (Å²) in [6, 6.07) is 13.4. The van der Waals surface area contributed by atoms with Crippen LogP contribution in [0.5, 0.6) is 5.75 Å². The molecule has 1 N–H and O–H groups in total. The summed E-state index contributed by atoms with van der Waals surface area (Å²) in [7, 11) is 1.63. The van der Waals surface area contributed by atoms with Crippen LogP contribution in [0.1, 0.15) is 24.5 Å². The van der Waals surface area contributed by atoms with Gasteiger partial charge in [0.1, 0.15) is 11.4 Å². The summed E-state index contributed by atoms with van der Waals surface area (Å²) in [5, 5.41) is 7.24. The normalized spacial score (nSPS) is 17.6. The van der Waals surface area contributed by atoms with Crippen molar-refractivity contribution in [2.24, 2.45) is 0 Å². The molecule has 1 aliphatic heterocycles. The first-order valence-corrected chi connectivity index (χ1v) is 8.04. The molecular formula is C19H16N2O4. The smallest absolute Gasteiger partial charge is 0.235 e. The Morgan fingerprint density at radius 2 is 2.04 bits per heavy atom. The molecule has 0 aliphatic carbocycles. The number of hydrogen-bond acceptors (Lipinski definition) is 5. The Hall–Kier alpha value is -3.15. The molecular weight excluding hydrogens is 320 g/mol. The van der Waals surface area contributed by atoms with Crippen LogP contribution >= 0.6 is 0 Å². The molecule has 6 nitrogen and oxygen atoms in total. The number of methoxy groups -OCH3 is 1. The van der Waals surface area contributed by atoms with E-state index in [-0.39, 0.29) is 11.8 Å². The van der Waals surface area contributed by atoms with Crippen LogP contribution in [0.25, 0.3) is 22.1 Å². The van der Waals surface area contributed by atoms with Gasteiger partial charge in [0.15, 0.2) is 5.58 Å². The van der Waals surface area contributed by atoms with Crippen molar-refractivity contribution in [3.8, 4) is 16.9 Å². The Bertz CT molecular complexity index is 976. The van der Waals surface area contributed by atoms with Gasteiger partial charge < -0.3 is 9.26 Å². The van der Waals surface area contributed by atoms with Crippen molar-refractivity contribution in [2.75, 3.05) is 7.11 Å². The summed E-state index contributed by atoms with van der Waals surface area (Å²) in [6.07, 6.45) is 0.738. The largest absolute Gasteiger partial charge is 0.496 e. The average Bonchev–Trinajstić information content (AvgIpc) is 3.04. The highest BCUT2D eigenvalue weighted by Crippen LogP contribution is 2.35. The summed E-state index contributed by atoms with van der Waals surface area (Å²) < 4.78 is 10.8. The number of benzene rings is 2. The highest BCUT2D eigenvalue weighted by Gasteiger charge is 2.31. The molecule has 1 aliphatic rings. The number of aromatic nitrogens is 1. The van der Waals surface area contributed by atoms with Gasteiger partial charge in [-0.1, -0.05) is 29.4 Å². The van der Waals surface area contributed by atoms with E-state index in [1.165, 1.54) is 0 Å². The maximum atomic E-state index is 12.2. The average molecular weight is 336 g/mol. The lowest BCUT2D eigenvalue weighted by Gasteiger charge is -2.18. The van der Waals surface area contributed by atoms with Gasteiger partial charge in [0.05, 0.1) is 13.0 Å². The molecule has 1 saturated heterocycles. The highest BCUT2D eigenvalue weighted by atomic mass is 16.5. The Labute approximate surface area is 143 Å². The molecule has 126 valence electrons. The Kier molecular flexibility index (Phi) is 3.72. The van der Waals surface area contributed by atoms with Gasteiger partial charge >= 0.3 is 0 Å². The van der Waals surface area contributed by atoms with Gasteiger partial charge in [-0.25, -0.2) is 0 Å². The zero-order valence-electron chi connectivity index (χ0n) is 13.6. The van der Waals surface area contributed by atoms with E-state index in [4.69, 9.17) is 9.26 Å². The van der Waals surface area contributed by atoms with Crippen LogP contribution < -0.4 is 10.1 Å². The van der Waals surface area contributed by atoms with Gasteiger partial charge in [-0.2, -0.15) is 0 Å². The van der Waals surface area contributed by atoms with Crippen molar-refractivity contribution in [2.45, 2.75) is 18.8 Å². The highest BCUT2D eigenvalue weighted by molar-refractivity contribution is 6.02. The molecule has 0 bridgehead atoms. The predicted octanol–water partition coefficient (Wildman–Crippen LogP) is 3.02. The number of carbonyl (C=O) groups excluding carboxylic acids is 2. The maximum Gasteiger partial charge on any atom is 0.235 e. The first-order valence-electron chi connectivity index (χ1n) is 8.04. The molecule has 2 heterocycles. The summed E-state index contributed by atoms with van der Waals surface area (Å²) >= 11 is 0. The van der Waals surface area contributed by atoms with Gasteiger partial charge in [0, 0.05) is 17.4 Å². The molecule has 0 radical (unpaired) electrons. The summed E-state index contributed by atoms with van der Waals surface area (Å²) in [6.45, 7) is 0. The third kappa shape index (κ3) is 2.65. The monoisotopic (exact) mass is 336 g/mol. The standard InChI is InChI=1S/C19H16N2O4/c1-24-15-5-3-2-4-12(15)11-6-8-16-14(10-11)18(21-25-16)13-7-9-17(22)20-19(13)23/h2-6,8,10,13H,7,9H2,1H3,(H,20,22,23).